The maximum atomic E-state index is 13.6. The molecule has 2 amide bonds. The van der Waals surface area contributed by atoms with E-state index in [-0.39, 0.29) is 24.4 Å². The molecule has 0 unspecified atom stereocenters. The molecular weight excluding hydrogens is 475 g/mol. The molecule has 0 N–H and O–H groups in total. The molecule has 0 aliphatic carbocycles. The molecule has 4 rings (SSSR count). The highest BCUT2D eigenvalue weighted by molar-refractivity contribution is 7.10. The minimum atomic E-state index is -0.397. The number of benzene rings is 2. The molecule has 0 spiro atoms. The first kappa shape index (κ1) is 25.9. The quantitative estimate of drug-likeness (QED) is 0.353. The molecule has 1 aliphatic rings. The molecule has 3 aromatic rings. The largest absolute Gasteiger partial charge is 0.491 e. The van der Waals surface area contributed by atoms with Gasteiger partial charge in [-0.05, 0) is 77.7 Å². The topological polar surface area (TPSA) is 49.9 Å². The number of carbonyl (C=O) groups excluding carboxylic acids is 2. The van der Waals surface area contributed by atoms with Gasteiger partial charge in [0.15, 0.2) is 0 Å². The van der Waals surface area contributed by atoms with E-state index in [0.29, 0.717) is 37.6 Å². The lowest BCUT2D eigenvalue weighted by atomic mass is 10.00. The van der Waals surface area contributed by atoms with E-state index in [1.165, 1.54) is 34.7 Å². The Morgan fingerprint density at radius 2 is 1.83 bits per heavy atom. The van der Waals surface area contributed by atoms with E-state index < -0.39 is 5.82 Å². The van der Waals surface area contributed by atoms with Crippen LogP contribution in [0.1, 0.15) is 65.5 Å². The molecule has 0 fully saturated rings. The Labute approximate surface area is 216 Å². The zero-order valence-corrected chi connectivity index (χ0v) is 21.9. The van der Waals surface area contributed by atoms with Crippen LogP contribution in [0, 0.1) is 5.82 Å². The monoisotopic (exact) mass is 508 g/mol. The van der Waals surface area contributed by atoms with Crippen molar-refractivity contribution in [1.29, 1.82) is 0 Å². The highest BCUT2D eigenvalue weighted by atomic mass is 32.1. The highest BCUT2D eigenvalue weighted by Crippen LogP contribution is 2.34. The first-order valence-corrected chi connectivity index (χ1v) is 13.4. The number of hydrogen-bond acceptors (Lipinski definition) is 4. The van der Waals surface area contributed by atoms with Gasteiger partial charge >= 0.3 is 0 Å². The van der Waals surface area contributed by atoms with Crippen molar-refractivity contribution in [3.8, 4) is 5.75 Å². The molecular formula is C29H33FN2O3S. The fraction of sp³-hybridized carbons (Fsp3) is 0.379. The van der Waals surface area contributed by atoms with E-state index in [1.807, 2.05) is 24.0 Å². The number of ether oxygens (including phenoxy) is 1. The summed E-state index contributed by atoms with van der Waals surface area (Å²) < 4.78 is 19.5. The summed E-state index contributed by atoms with van der Waals surface area (Å²) in [5, 5.41) is 2.06. The number of fused-ring (bicyclic) bond motifs is 1. The molecule has 1 atom stereocenters. The van der Waals surface area contributed by atoms with Crippen molar-refractivity contribution in [3.63, 3.8) is 0 Å². The van der Waals surface area contributed by atoms with Crippen LogP contribution >= 0.6 is 11.3 Å². The normalized spacial score (nSPS) is 15.0. The van der Waals surface area contributed by atoms with E-state index in [0.717, 1.165) is 17.7 Å². The lowest BCUT2D eigenvalue weighted by molar-refractivity contribution is -0.135. The Morgan fingerprint density at radius 3 is 2.50 bits per heavy atom. The number of halogens is 1. The molecule has 1 aromatic heterocycles. The van der Waals surface area contributed by atoms with Gasteiger partial charge in [-0.25, -0.2) is 4.39 Å². The average Bonchev–Trinajstić information content (AvgIpc) is 3.36. The number of rotatable bonds is 9. The Balaban J connectivity index is 1.50. The summed E-state index contributed by atoms with van der Waals surface area (Å²) in [7, 11) is 0. The average molecular weight is 509 g/mol. The van der Waals surface area contributed by atoms with E-state index in [9.17, 15) is 14.0 Å². The summed E-state index contributed by atoms with van der Waals surface area (Å²) in [6, 6.07) is 15.4. The fourth-order valence-corrected chi connectivity index (χ4v) is 5.48. The van der Waals surface area contributed by atoms with Crippen LogP contribution in [0.2, 0.25) is 0 Å². The molecule has 2 heterocycles. The Morgan fingerprint density at radius 1 is 1.11 bits per heavy atom. The zero-order chi connectivity index (χ0) is 25.7. The number of thiophene rings is 1. The van der Waals surface area contributed by atoms with Crippen LogP contribution in [0.25, 0.3) is 0 Å². The van der Waals surface area contributed by atoms with Crippen LogP contribution in [0.5, 0.6) is 5.75 Å². The first-order valence-electron chi connectivity index (χ1n) is 12.5. The Kier molecular flexibility index (Phi) is 8.41. The summed E-state index contributed by atoms with van der Waals surface area (Å²) in [6.45, 7) is 7.62. The third kappa shape index (κ3) is 5.95. The van der Waals surface area contributed by atoms with Crippen LogP contribution in [-0.4, -0.2) is 47.9 Å². The number of amides is 2. The van der Waals surface area contributed by atoms with Crippen molar-refractivity contribution in [2.75, 3.05) is 26.2 Å². The molecule has 5 nitrogen and oxygen atoms in total. The second-order valence-corrected chi connectivity index (χ2v) is 10.4. The summed E-state index contributed by atoms with van der Waals surface area (Å²) in [4.78, 5) is 31.3. The van der Waals surface area contributed by atoms with Crippen molar-refractivity contribution in [1.82, 2.24) is 9.80 Å². The molecule has 0 radical (unpaired) electrons. The number of carbonyl (C=O) groups is 2. The molecule has 7 heteroatoms. The zero-order valence-electron chi connectivity index (χ0n) is 21.1. The van der Waals surface area contributed by atoms with Crippen LogP contribution in [0.3, 0.4) is 0 Å². The van der Waals surface area contributed by atoms with Gasteiger partial charge in [0, 0.05) is 23.5 Å². The van der Waals surface area contributed by atoms with Gasteiger partial charge in [-0.1, -0.05) is 32.9 Å². The number of hydrogen-bond donors (Lipinski definition) is 0. The summed E-state index contributed by atoms with van der Waals surface area (Å²) in [6.07, 6.45) is 1.51. The maximum absolute atomic E-state index is 13.6. The highest BCUT2D eigenvalue weighted by Gasteiger charge is 2.33. The fourth-order valence-electron chi connectivity index (χ4n) is 4.55. The van der Waals surface area contributed by atoms with Gasteiger partial charge < -0.3 is 14.5 Å². The summed E-state index contributed by atoms with van der Waals surface area (Å²) in [5.41, 5.74) is 2.74. The first-order chi connectivity index (χ1) is 17.4. The molecule has 36 heavy (non-hydrogen) atoms. The summed E-state index contributed by atoms with van der Waals surface area (Å²) >= 11 is 1.71. The van der Waals surface area contributed by atoms with Gasteiger partial charge in [0.05, 0.1) is 6.04 Å². The van der Waals surface area contributed by atoms with Gasteiger partial charge in [0.25, 0.3) is 5.91 Å². The van der Waals surface area contributed by atoms with Gasteiger partial charge in [0.2, 0.25) is 5.91 Å². The second kappa shape index (κ2) is 11.7. The maximum Gasteiger partial charge on any atom is 0.254 e. The SMILES string of the molecule is CCCN(CC(=O)N1CCc2sccc2[C@H]1COc1ccc(C(C)C)cc1)C(=O)c1ccc(F)cc1. The van der Waals surface area contributed by atoms with Gasteiger partial charge in [0.1, 0.15) is 24.7 Å². The van der Waals surface area contributed by atoms with Gasteiger partial charge in [-0.15, -0.1) is 11.3 Å². The smallest absolute Gasteiger partial charge is 0.254 e. The standard InChI is InChI=1S/C29H33FN2O3S/c1-4-15-31(29(34)22-5-9-23(30)10-6-22)18-28(33)32-16-13-27-25(14-17-36-27)26(32)19-35-24-11-7-21(8-12-24)20(2)3/h5-12,14,17,20,26H,4,13,15-16,18-19H2,1-3H3/t26-/m1/s1. The van der Waals surface area contributed by atoms with Gasteiger partial charge in [-0.2, -0.15) is 0 Å². The van der Waals surface area contributed by atoms with Crippen molar-refractivity contribution in [2.45, 2.75) is 45.6 Å². The predicted octanol–water partition coefficient (Wildman–Crippen LogP) is 6.07. The molecule has 190 valence electrons. The Hall–Kier alpha value is -3.19. The lowest BCUT2D eigenvalue weighted by Gasteiger charge is -2.37. The lowest BCUT2D eigenvalue weighted by Crippen LogP contribution is -2.48. The van der Waals surface area contributed by atoms with E-state index >= 15 is 0 Å². The van der Waals surface area contributed by atoms with E-state index in [1.54, 1.807) is 16.2 Å². The third-order valence-electron chi connectivity index (χ3n) is 6.57. The Bertz CT molecular complexity index is 1170. The minimum Gasteiger partial charge on any atom is -0.491 e. The molecule has 1 aliphatic heterocycles. The molecule has 0 saturated carbocycles. The van der Waals surface area contributed by atoms with Crippen LogP contribution in [0.15, 0.2) is 60.0 Å². The van der Waals surface area contributed by atoms with Crippen LogP contribution in [-0.2, 0) is 11.2 Å². The van der Waals surface area contributed by atoms with Crippen molar-refractivity contribution >= 4 is 23.2 Å². The van der Waals surface area contributed by atoms with Crippen LogP contribution < -0.4 is 4.74 Å². The predicted molar refractivity (Wildman–Crippen MR) is 141 cm³/mol. The number of nitrogens with zero attached hydrogens (tertiary/aromatic N) is 2. The molecule has 0 bridgehead atoms. The molecule has 2 aromatic carbocycles. The third-order valence-corrected chi connectivity index (χ3v) is 7.56. The van der Waals surface area contributed by atoms with Crippen molar-refractivity contribution < 1.29 is 18.7 Å². The minimum absolute atomic E-state index is 0.0247. The van der Waals surface area contributed by atoms with Gasteiger partial charge in [-0.3, -0.25) is 9.59 Å². The molecule has 0 saturated heterocycles. The van der Waals surface area contributed by atoms with Crippen molar-refractivity contribution in [2.24, 2.45) is 0 Å². The van der Waals surface area contributed by atoms with Crippen molar-refractivity contribution in [3.05, 3.63) is 87.4 Å². The second-order valence-electron chi connectivity index (χ2n) is 9.42. The van der Waals surface area contributed by atoms with Crippen LogP contribution in [0.4, 0.5) is 4.39 Å². The van der Waals surface area contributed by atoms with E-state index in [2.05, 4.69) is 37.4 Å². The summed E-state index contributed by atoms with van der Waals surface area (Å²) in [5.74, 6) is 0.443. The van der Waals surface area contributed by atoms with E-state index in [4.69, 9.17) is 4.74 Å².